The van der Waals surface area contributed by atoms with E-state index in [-0.39, 0.29) is 0 Å². The number of nitrogens with one attached hydrogen (secondary N) is 2. The van der Waals surface area contributed by atoms with Gasteiger partial charge in [0.1, 0.15) is 0 Å². The number of aromatic amines is 1. The Balaban J connectivity index is 2.76. The molecule has 3 heteroatoms. The normalized spacial score (nSPS) is 10.5. The standard InChI is InChI=1S/C7H9N3/c1-8-10-5-3-6-7(10)2-4-9-6/h2-5,8-9H,1H3. The van der Waals surface area contributed by atoms with Gasteiger partial charge in [0.15, 0.2) is 0 Å². The van der Waals surface area contributed by atoms with Gasteiger partial charge in [-0.2, -0.15) is 0 Å². The van der Waals surface area contributed by atoms with Crippen molar-refractivity contribution >= 4 is 11.0 Å². The van der Waals surface area contributed by atoms with E-state index >= 15 is 0 Å². The van der Waals surface area contributed by atoms with Crippen molar-refractivity contribution in [2.24, 2.45) is 0 Å². The summed E-state index contributed by atoms with van der Waals surface area (Å²) in [5, 5.41) is 0. The van der Waals surface area contributed by atoms with Crippen molar-refractivity contribution in [1.29, 1.82) is 0 Å². The number of hydrogen-bond donors (Lipinski definition) is 2. The van der Waals surface area contributed by atoms with Gasteiger partial charge in [0.2, 0.25) is 0 Å². The fourth-order valence-corrected chi connectivity index (χ4v) is 1.14. The van der Waals surface area contributed by atoms with Crippen LogP contribution in [-0.2, 0) is 0 Å². The van der Waals surface area contributed by atoms with Crippen LogP contribution in [-0.4, -0.2) is 16.7 Å². The summed E-state index contributed by atoms with van der Waals surface area (Å²) >= 11 is 0. The molecule has 3 nitrogen and oxygen atoms in total. The fraction of sp³-hybridized carbons (Fsp3) is 0.143. The third kappa shape index (κ3) is 0.543. The molecule has 0 radical (unpaired) electrons. The van der Waals surface area contributed by atoms with Crippen LogP contribution < -0.4 is 5.43 Å². The van der Waals surface area contributed by atoms with E-state index in [1.165, 1.54) is 5.52 Å². The number of hydrogen-bond acceptors (Lipinski definition) is 1. The molecule has 10 heavy (non-hydrogen) atoms. The van der Waals surface area contributed by atoms with Crippen LogP contribution in [0, 0.1) is 0 Å². The van der Waals surface area contributed by atoms with Gasteiger partial charge in [0.25, 0.3) is 0 Å². The second-order valence-corrected chi connectivity index (χ2v) is 2.19. The van der Waals surface area contributed by atoms with Crippen LogP contribution >= 0.6 is 0 Å². The zero-order chi connectivity index (χ0) is 6.97. The maximum atomic E-state index is 3.11. The highest BCUT2D eigenvalue weighted by molar-refractivity contribution is 5.76. The summed E-state index contributed by atoms with van der Waals surface area (Å²) in [6.45, 7) is 0. The lowest BCUT2D eigenvalue weighted by atomic mass is 10.5. The lowest BCUT2D eigenvalue weighted by Gasteiger charge is -1.98. The minimum absolute atomic E-state index is 1.16. The molecule has 0 aromatic carbocycles. The van der Waals surface area contributed by atoms with Crippen molar-refractivity contribution in [3.63, 3.8) is 0 Å². The van der Waals surface area contributed by atoms with Crippen molar-refractivity contribution in [2.75, 3.05) is 12.5 Å². The number of rotatable bonds is 1. The van der Waals surface area contributed by atoms with Gasteiger partial charge in [-0.05, 0) is 12.1 Å². The van der Waals surface area contributed by atoms with Gasteiger partial charge in [0.05, 0.1) is 11.0 Å². The van der Waals surface area contributed by atoms with E-state index < -0.39 is 0 Å². The van der Waals surface area contributed by atoms with E-state index in [0.29, 0.717) is 0 Å². The van der Waals surface area contributed by atoms with Crippen molar-refractivity contribution in [3.8, 4) is 0 Å². The molecular formula is C7H9N3. The molecule has 2 heterocycles. The van der Waals surface area contributed by atoms with Gasteiger partial charge >= 0.3 is 0 Å². The molecule has 2 aromatic heterocycles. The molecule has 0 fully saturated rings. The second-order valence-electron chi connectivity index (χ2n) is 2.19. The molecule has 0 aliphatic heterocycles. The minimum Gasteiger partial charge on any atom is -0.360 e. The molecule has 0 saturated heterocycles. The van der Waals surface area contributed by atoms with Crippen LogP contribution in [0.5, 0.6) is 0 Å². The first-order chi connectivity index (χ1) is 4.92. The van der Waals surface area contributed by atoms with Crippen molar-refractivity contribution in [3.05, 3.63) is 24.5 Å². The first-order valence-electron chi connectivity index (χ1n) is 3.24. The molecule has 0 aliphatic carbocycles. The van der Waals surface area contributed by atoms with Crippen LogP contribution in [0.4, 0.5) is 0 Å². The van der Waals surface area contributed by atoms with E-state index in [1.54, 1.807) is 0 Å². The van der Waals surface area contributed by atoms with E-state index in [1.807, 2.05) is 36.3 Å². The Kier molecular flexibility index (Phi) is 0.974. The number of nitrogens with zero attached hydrogens (tertiary/aromatic N) is 1. The maximum Gasteiger partial charge on any atom is 0.0869 e. The Bertz CT molecular complexity index is 331. The van der Waals surface area contributed by atoms with Gasteiger partial charge in [-0.15, -0.1) is 0 Å². The van der Waals surface area contributed by atoms with Crippen molar-refractivity contribution in [2.45, 2.75) is 0 Å². The van der Waals surface area contributed by atoms with Crippen molar-refractivity contribution in [1.82, 2.24) is 9.66 Å². The lowest BCUT2D eigenvalue weighted by molar-refractivity contribution is 0.977. The average molecular weight is 135 g/mol. The molecule has 2 aromatic rings. The molecule has 0 aliphatic rings. The van der Waals surface area contributed by atoms with Gasteiger partial charge < -0.3 is 10.4 Å². The van der Waals surface area contributed by atoms with E-state index in [4.69, 9.17) is 0 Å². The predicted octanol–water partition coefficient (Wildman–Crippen LogP) is 1.14. The smallest absolute Gasteiger partial charge is 0.0869 e. The number of aromatic nitrogens is 2. The Morgan fingerprint density at radius 1 is 1.50 bits per heavy atom. The zero-order valence-electron chi connectivity index (χ0n) is 5.76. The Labute approximate surface area is 58.6 Å². The molecule has 0 bridgehead atoms. The summed E-state index contributed by atoms with van der Waals surface area (Å²) in [7, 11) is 1.90. The van der Waals surface area contributed by atoms with Gasteiger partial charge in [-0.3, -0.25) is 4.68 Å². The zero-order valence-corrected chi connectivity index (χ0v) is 5.76. The quantitative estimate of drug-likeness (QED) is 0.604. The Hall–Kier alpha value is -1.38. The fourth-order valence-electron chi connectivity index (χ4n) is 1.14. The number of H-pyrrole nitrogens is 1. The SMILES string of the molecule is CNn1ccc2[nH]ccc21. The third-order valence-electron chi connectivity index (χ3n) is 1.65. The van der Waals surface area contributed by atoms with Crippen LogP contribution in [0.15, 0.2) is 24.5 Å². The minimum atomic E-state index is 1.16. The predicted molar refractivity (Wildman–Crippen MR) is 41.6 cm³/mol. The Morgan fingerprint density at radius 2 is 2.40 bits per heavy atom. The van der Waals surface area contributed by atoms with Crippen LogP contribution in [0.25, 0.3) is 11.0 Å². The first-order valence-corrected chi connectivity index (χ1v) is 3.24. The largest absolute Gasteiger partial charge is 0.360 e. The molecule has 0 spiro atoms. The summed E-state index contributed by atoms with van der Waals surface area (Å²) in [6, 6.07) is 4.07. The van der Waals surface area contributed by atoms with Gasteiger partial charge in [0, 0.05) is 19.4 Å². The molecule has 0 saturated carbocycles. The second kappa shape index (κ2) is 1.80. The summed E-state index contributed by atoms with van der Waals surface area (Å²) in [4.78, 5) is 3.11. The average Bonchev–Trinajstić information content (AvgIpc) is 2.44. The van der Waals surface area contributed by atoms with E-state index in [0.717, 1.165) is 5.52 Å². The molecule has 0 amide bonds. The molecular weight excluding hydrogens is 126 g/mol. The molecule has 52 valence electrons. The molecule has 2 N–H and O–H groups in total. The molecule has 0 atom stereocenters. The first kappa shape index (κ1) is 5.41. The van der Waals surface area contributed by atoms with E-state index in [9.17, 15) is 0 Å². The van der Waals surface area contributed by atoms with Gasteiger partial charge in [-0.25, -0.2) is 0 Å². The summed E-state index contributed by atoms with van der Waals surface area (Å²) < 4.78 is 1.96. The highest BCUT2D eigenvalue weighted by atomic mass is 15.4. The summed E-state index contributed by atoms with van der Waals surface area (Å²) in [5.74, 6) is 0. The van der Waals surface area contributed by atoms with Crippen LogP contribution in [0.2, 0.25) is 0 Å². The third-order valence-corrected chi connectivity index (χ3v) is 1.65. The van der Waals surface area contributed by atoms with E-state index in [2.05, 4.69) is 10.4 Å². The lowest BCUT2D eigenvalue weighted by Crippen LogP contribution is -2.05. The summed E-state index contributed by atoms with van der Waals surface area (Å²) in [6.07, 6.45) is 3.92. The van der Waals surface area contributed by atoms with Crippen LogP contribution in [0.3, 0.4) is 0 Å². The highest BCUT2D eigenvalue weighted by Gasteiger charge is 1.96. The van der Waals surface area contributed by atoms with Gasteiger partial charge in [-0.1, -0.05) is 0 Å². The topological polar surface area (TPSA) is 32.8 Å². The maximum absolute atomic E-state index is 3.11. The monoisotopic (exact) mass is 135 g/mol. The summed E-state index contributed by atoms with van der Waals surface area (Å²) in [5.41, 5.74) is 5.38. The number of fused-ring (bicyclic) bond motifs is 1. The molecule has 2 rings (SSSR count). The van der Waals surface area contributed by atoms with Crippen LogP contribution in [0.1, 0.15) is 0 Å². The Morgan fingerprint density at radius 3 is 3.20 bits per heavy atom. The molecule has 0 unspecified atom stereocenters. The van der Waals surface area contributed by atoms with Crippen molar-refractivity contribution < 1.29 is 0 Å². The highest BCUT2D eigenvalue weighted by Crippen LogP contribution is 2.10.